The van der Waals surface area contributed by atoms with E-state index in [0.29, 0.717) is 11.8 Å². The maximum Gasteiger partial charge on any atom is 0 e. The van der Waals surface area contributed by atoms with Crippen molar-refractivity contribution in [2.45, 2.75) is 189 Å². The van der Waals surface area contributed by atoms with Crippen molar-refractivity contribution in [2.24, 2.45) is 23.7 Å². The van der Waals surface area contributed by atoms with Gasteiger partial charge in [0, 0.05) is 196 Å². The molecule has 396 valence electrons. The third-order valence-electron chi connectivity index (χ3n) is 6.27. The zero-order valence-corrected chi connectivity index (χ0v) is 67.3. The fraction of sp³-hybridized carbons (Fsp3) is 0.500. The molecule has 6 radical (unpaired) electrons. The van der Waals surface area contributed by atoms with E-state index in [0.717, 1.165) is 24.8 Å². The molecule has 0 aliphatic heterocycles. The second kappa shape index (κ2) is 134. The van der Waals surface area contributed by atoms with Crippen molar-refractivity contribution < 1.29 is 196 Å². The standard InChI is InChI=1S/C8H7.C6H10.C6H6.C6H12.2C5H10.2C5H9.2C5H8.4C2H6.6Y/c1-2-8-6-4-3-5-7-8;2*1-2-4-6-5-3-1;1-3-5-6-4-2;6*1-4-5(2)3;4*1-2;;;;;;/h3-7H,1H2;1-2H,3-6H2;1-6H;4H,1,3,5-6H2,2H3;2*2,4H2,1,3H3;2*5H,1H2,2-3H3;2*5H,1-2H2,3H3;4*1-2H3;;;;;;/q-1;;;-2;;;2*-1;2*-2;;;;;;;;;;. The van der Waals surface area contributed by atoms with E-state index in [9.17, 15) is 0 Å². The van der Waals surface area contributed by atoms with Crippen LogP contribution in [0.4, 0.5) is 0 Å². The summed E-state index contributed by atoms with van der Waals surface area (Å²) in [5, 5.41) is 0. The van der Waals surface area contributed by atoms with Crippen molar-refractivity contribution in [1.29, 1.82) is 0 Å². The van der Waals surface area contributed by atoms with Gasteiger partial charge >= 0.3 is 0 Å². The van der Waals surface area contributed by atoms with Gasteiger partial charge < -0.3 is 63.3 Å². The summed E-state index contributed by atoms with van der Waals surface area (Å²) in [4.78, 5) is 0. The Bertz CT molecular complexity index is 988. The molecule has 0 bridgehead atoms. The zero-order valence-electron chi connectivity index (χ0n) is 50.3. The van der Waals surface area contributed by atoms with E-state index in [-0.39, 0.29) is 208 Å². The van der Waals surface area contributed by atoms with Crippen LogP contribution in [0.5, 0.6) is 0 Å². The number of allylic oxidation sites excluding steroid dienone is 8. The van der Waals surface area contributed by atoms with Crippen LogP contribution in [0.1, 0.15) is 195 Å². The first-order chi connectivity index (χ1) is 30.5. The van der Waals surface area contributed by atoms with Gasteiger partial charge in [-0.05, 0) is 52.4 Å². The van der Waals surface area contributed by atoms with Crippen LogP contribution in [0.2, 0.25) is 0 Å². The van der Waals surface area contributed by atoms with E-state index in [2.05, 4.69) is 137 Å². The van der Waals surface area contributed by atoms with Crippen molar-refractivity contribution >= 4 is 0 Å². The predicted octanol–water partition coefficient (Wildman–Crippen LogP) is 22.2. The first kappa shape index (κ1) is 121. The van der Waals surface area contributed by atoms with Crippen molar-refractivity contribution in [3.05, 3.63) is 199 Å². The van der Waals surface area contributed by atoms with Crippen LogP contribution in [0.15, 0.2) is 136 Å². The van der Waals surface area contributed by atoms with Crippen LogP contribution in [-0.2, 0) is 196 Å². The summed E-state index contributed by atoms with van der Waals surface area (Å²) in [5.41, 5.74) is 3.56. The largest absolute Gasteiger partial charge is 0.532 e. The smallest absolute Gasteiger partial charge is 0 e. The molecule has 0 aromatic heterocycles. The molecule has 2 unspecified atom stereocenters. The maximum absolute atomic E-state index is 3.70. The Morgan fingerprint density at radius 1 is 0.529 bits per heavy atom. The molecule has 0 saturated carbocycles. The van der Waals surface area contributed by atoms with Gasteiger partial charge in [0.25, 0.3) is 0 Å². The molecule has 2 atom stereocenters. The van der Waals surface area contributed by atoms with E-state index in [1.54, 1.807) is 0 Å². The van der Waals surface area contributed by atoms with Crippen LogP contribution in [-0.4, -0.2) is 0 Å². The minimum Gasteiger partial charge on any atom is -0.532 e. The molecule has 0 fully saturated rings. The Morgan fingerprint density at radius 3 is 0.829 bits per heavy atom. The van der Waals surface area contributed by atoms with Gasteiger partial charge in [-0.1, -0.05) is 163 Å². The predicted molar refractivity (Wildman–Crippen MR) is 307 cm³/mol. The number of unbranched alkanes of at least 4 members (excludes halogenated alkanes) is 3. The molecule has 0 spiro atoms. The average molecular weight is 1420 g/mol. The van der Waals surface area contributed by atoms with E-state index in [4.69, 9.17) is 0 Å². The molecule has 0 saturated heterocycles. The molecule has 0 nitrogen and oxygen atoms in total. The van der Waals surface area contributed by atoms with Gasteiger partial charge in [0.2, 0.25) is 0 Å². The Morgan fingerprint density at radius 2 is 0.743 bits per heavy atom. The average Bonchev–Trinajstić information content (AvgIpc) is 3.36. The van der Waals surface area contributed by atoms with Crippen molar-refractivity contribution in [2.75, 3.05) is 0 Å². The van der Waals surface area contributed by atoms with Gasteiger partial charge in [-0.3, -0.25) is 26.3 Å². The fourth-order valence-electron chi connectivity index (χ4n) is 2.05. The molecule has 2 aromatic carbocycles. The first-order valence-corrected chi connectivity index (χ1v) is 24.3. The summed E-state index contributed by atoms with van der Waals surface area (Å²) in [6.07, 6.45) is 31.6. The zero-order chi connectivity index (χ0) is 52.8. The SMILES string of the molecule is C1=CCCCC1.C=C(C)CC.C=C(C)CC.C=[C-]C(C)C.C=[C-]C(C)C.C=[C-]C([CH2-])C.C=[C-]C([CH2-])C.C=[C-]c1ccccc1.CC.CC.CC.CC.[CH2-]CCC[CH-]C.[Y].[Y].[Y].[Y].[Y].[Y].c1ccccc1. The van der Waals surface area contributed by atoms with Crippen molar-refractivity contribution in [1.82, 2.24) is 0 Å². The molecule has 70 heavy (non-hydrogen) atoms. The third-order valence-corrected chi connectivity index (χ3v) is 6.27. The van der Waals surface area contributed by atoms with Gasteiger partial charge in [0.15, 0.2) is 0 Å². The molecule has 6 heteroatoms. The van der Waals surface area contributed by atoms with Gasteiger partial charge in [0.05, 0.1) is 0 Å². The second-order valence-corrected chi connectivity index (χ2v) is 13.4. The molecule has 0 amide bonds. The molecule has 1 aliphatic rings. The van der Waals surface area contributed by atoms with Crippen LogP contribution >= 0.6 is 0 Å². The van der Waals surface area contributed by atoms with Gasteiger partial charge in [0.1, 0.15) is 0 Å². The minimum absolute atomic E-state index is 0. The van der Waals surface area contributed by atoms with E-state index < -0.39 is 0 Å². The van der Waals surface area contributed by atoms with Crippen LogP contribution in [0.3, 0.4) is 0 Å². The van der Waals surface area contributed by atoms with Gasteiger partial charge in [-0.15, -0.1) is 45.6 Å². The summed E-state index contributed by atoms with van der Waals surface area (Å²) in [5.74, 6) is 1.59. The summed E-state index contributed by atoms with van der Waals surface area (Å²) >= 11 is 0. The molecule has 3 rings (SSSR count). The third kappa shape index (κ3) is 217. The molecule has 0 N–H and O–H groups in total. The fourth-order valence-corrected chi connectivity index (χ4v) is 2.05. The number of benzene rings is 2. The van der Waals surface area contributed by atoms with E-state index in [1.807, 2.05) is 178 Å². The van der Waals surface area contributed by atoms with Gasteiger partial charge in [-0.25, -0.2) is 0 Å². The number of hydrogen-bond acceptors (Lipinski definition) is 0. The first-order valence-electron chi connectivity index (χ1n) is 24.3. The molecule has 1 aliphatic carbocycles. The van der Waals surface area contributed by atoms with Crippen molar-refractivity contribution in [3.63, 3.8) is 0 Å². The summed E-state index contributed by atoms with van der Waals surface area (Å²) in [6, 6.07) is 21.8. The second-order valence-electron chi connectivity index (χ2n) is 13.4. The van der Waals surface area contributed by atoms with Crippen LogP contribution in [0.25, 0.3) is 0 Å². The van der Waals surface area contributed by atoms with E-state index in [1.165, 1.54) is 49.7 Å². The van der Waals surface area contributed by atoms with Crippen molar-refractivity contribution in [3.8, 4) is 0 Å². The van der Waals surface area contributed by atoms with Crippen LogP contribution < -0.4 is 0 Å². The summed E-state index contributed by atoms with van der Waals surface area (Å²) in [6.45, 7) is 73.7. The minimum atomic E-state index is 0. The monoisotopic (exact) mass is 1420 g/mol. The molecular formula is C64H113Y6-9. The van der Waals surface area contributed by atoms with Crippen LogP contribution in [0, 0.1) is 81.2 Å². The number of rotatable bonds is 10. The maximum atomic E-state index is 3.70. The topological polar surface area (TPSA) is 0 Å². The number of hydrogen-bond donors (Lipinski definition) is 0. The Hall–Kier alpha value is 2.98. The van der Waals surface area contributed by atoms with E-state index >= 15 is 0 Å². The Labute approximate surface area is 598 Å². The quantitative estimate of drug-likeness (QED) is 0.126. The molecule has 2 aromatic rings. The van der Waals surface area contributed by atoms with Gasteiger partial charge in [-0.2, -0.15) is 62.0 Å². The molecule has 0 heterocycles. The Kier molecular flexibility index (Phi) is 231. The molecular weight excluding hydrogens is 1300 g/mol. The summed E-state index contributed by atoms with van der Waals surface area (Å²) in [7, 11) is 0. The summed E-state index contributed by atoms with van der Waals surface area (Å²) < 4.78 is 0. The Balaban J connectivity index is -0.0000000291. The normalized spacial score (nSPS) is 8.91.